The van der Waals surface area contributed by atoms with E-state index in [1.165, 1.54) is 12.8 Å². The molecular formula is C12H24N2O2. The molecule has 0 aromatic rings. The van der Waals surface area contributed by atoms with Crippen LogP contribution in [0.3, 0.4) is 0 Å². The smallest absolute Gasteiger partial charge is 0.221 e. The number of hydrogen-bond donors (Lipinski definition) is 2. The summed E-state index contributed by atoms with van der Waals surface area (Å²) < 4.78 is 5.32. The largest absolute Gasteiger partial charge is 0.381 e. The Kier molecular flexibility index (Phi) is 6.42. The van der Waals surface area contributed by atoms with Gasteiger partial charge in [-0.15, -0.1) is 0 Å². The van der Waals surface area contributed by atoms with E-state index >= 15 is 0 Å². The molecule has 0 bridgehead atoms. The van der Waals surface area contributed by atoms with Crippen LogP contribution in [0.25, 0.3) is 0 Å². The van der Waals surface area contributed by atoms with Crippen LogP contribution in [-0.4, -0.2) is 39.3 Å². The van der Waals surface area contributed by atoms with Gasteiger partial charge in [-0.1, -0.05) is 0 Å². The van der Waals surface area contributed by atoms with Gasteiger partial charge in [-0.25, -0.2) is 0 Å². The van der Waals surface area contributed by atoms with E-state index in [-0.39, 0.29) is 5.91 Å². The highest BCUT2D eigenvalue weighted by Crippen LogP contribution is 2.25. The quantitative estimate of drug-likeness (QED) is 0.710. The predicted molar refractivity (Wildman–Crippen MR) is 64.3 cm³/mol. The maximum Gasteiger partial charge on any atom is 0.221 e. The minimum absolute atomic E-state index is 0.156. The fourth-order valence-electron chi connectivity index (χ4n) is 2.16. The van der Waals surface area contributed by atoms with Crippen LogP contribution in [0.4, 0.5) is 0 Å². The molecule has 0 spiro atoms. The molecule has 2 N–H and O–H groups in total. The lowest BCUT2D eigenvalue weighted by molar-refractivity contribution is -0.121. The van der Waals surface area contributed by atoms with Crippen molar-refractivity contribution in [1.82, 2.24) is 10.6 Å². The maximum atomic E-state index is 11.4. The summed E-state index contributed by atoms with van der Waals surface area (Å²) >= 11 is 0. The van der Waals surface area contributed by atoms with E-state index < -0.39 is 0 Å². The van der Waals surface area contributed by atoms with E-state index in [2.05, 4.69) is 10.6 Å². The molecule has 0 heterocycles. The zero-order valence-electron chi connectivity index (χ0n) is 10.4. The number of amides is 1. The SMILES string of the molecule is CNCCC(=O)NCC1CCC(OC)CC1. The summed E-state index contributed by atoms with van der Waals surface area (Å²) in [6.45, 7) is 1.58. The molecule has 0 radical (unpaired) electrons. The zero-order valence-corrected chi connectivity index (χ0v) is 10.4. The summed E-state index contributed by atoms with van der Waals surface area (Å²) in [6.07, 6.45) is 5.62. The number of rotatable bonds is 6. The van der Waals surface area contributed by atoms with Gasteiger partial charge >= 0.3 is 0 Å². The van der Waals surface area contributed by atoms with Crippen molar-refractivity contribution in [2.75, 3.05) is 27.2 Å². The first-order chi connectivity index (χ1) is 7.76. The average molecular weight is 228 g/mol. The fourth-order valence-corrected chi connectivity index (χ4v) is 2.16. The molecule has 0 aliphatic heterocycles. The molecule has 0 aromatic heterocycles. The van der Waals surface area contributed by atoms with Gasteiger partial charge in [0.25, 0.3) is 0 Å². The van der Waals surface area contributed by atoms with Gasteiger partial charge in [0, 0.05) is 26.6 Å². The molecule has 0 saturated heterocycles. The third-order valence-electron chi connectivity index (χ3n) is 3.32. The van der Waals surface area contributed by atoms with E-state index in [9.17, 15) is 4.79 Å². The van der Waals surface area contributed by atoms with Crippen LogP contribution in [0, 0.1) is 5.92 Å². The molecule has 1 aliphatic rings. The minimum atomic E-state index is 0.156. The van der Waals surface area contributed by atoms with Gasteiger partial charge in [-0.2, -0.15) is 0 Å². The minimum Gasteiger partial charge on any atom is -0.381 e. The Hall–Kier alpha value is -0.610. The zero-order chi connectivity index (χ0) is 11.8. The summed E-state index contributed by atoms with van der Waals surface area (Å²) in [5, 5.41) is 5.97. The van der Waals surface area contributed by atoms with Crippen LogP contribution in [0.1, 0.15) is 32.1 Å². The Morgan fingerprint density at radius 1 is 1.31 bits per heavy atom. The Bertz CT molecular complexity index is 201. The van der Waals surface area contributed by atoms with Gasteiger partial charge in [0.1, 0.15) is 0 Å². The van der Waals surface area contributed by atoms with E-state index in [0.717, 1.165) is 25.9 Å². The predicted octanol–water partition coefficient (Wildman–Crippen LogP) is 0.917. The first-order valence-corrected chi connectivity index (χ1v) is 6.20. The summed E-state index contributed by atoms with van der Waals surface area (Å²) in [5.74, 6) is 0.799. The third kappa shape index (κ3) is 4.94. The summed E-state index contributed by atoms with van der Waals surface area (Å²) in [6, 6.07) is 0. The highest BCUT2D eigenvalue weighted by molar-refractivity contribution is 5.76. The van der Waals surface area contributed by atoms with E-state index in [1.54, 1.807) is 7.11 Å². The molecule has 1 rings (SSSR count). The molecule has 4 nitrogen and oxygen atoms in total. The summed E-state index contributed by atoms with van der Waals surface area (Å²) in [7, 11) is 3.64. The van der Waals surface area contributed by atoms with Crippen LogP contribution in [0.5, 0.6) is 0 Å². The highest BCUT2D eigenvalue weighted by atomic mass is 16.5. The number of nitrogens with one attached hydrogen (secondary N) is 2. The molecule has 0 atom stereocenters. The number of carbonyl (C=O) groups excluding carboxylic acids is 1. The van der Waals surface area contributed by atoms with Crippen LogP contribution in [0.2, 0.25) is 0 Å². The summed E-state index contributed by atoms with van der Waals surface area (Å²) in [4.78, 5) is 11.4. The van der Waals surface area contributed by atoms with Gasteiger partial charge < -0.3 is 15.4 Å². The van der Waals surface area contributed by atoms with Crippen LogP contribution in [0.15, 0.2) is 0 Å². The average Bonchev–Trinajstić information content (AvgIpc) is 2.34. The fraction of sp³-hybridized carbons (Fsp3) is 0.917. The van der Waals surface area contributed by atoms with Gasteiger partial charge in [-0.05, 0) is 38.6 Å². The van der Waals surface area contributed by atoms with Gasteiger partial charge in [0.2, 0.25) is 5.91 Å². The lowest BCUT2D eigenvalue weighted by Crippen LogP contribution is -2.33. The second-order valence-electron chi connectivity index (χ2n) is 4.54. The Morgan fingerprint density at radius 3 is 2.56 bits per heavy atom. The first-order valence-electron chi connectivity index (χ1n) is 6.20. The lowest BCUT2D eigenvalue weighted by atomic mass is 9.87. The number of methoxy groups -OCH3 is 1. The maximum absolute atomic E-state index is 11.4. The molecule has 1 amide bonds. The van der Waals surface area contributed by atoms with Crippen molar-refractivity contribution in [3.8, 4) is 0 Å². The van der Waals surface area contributed by atoms with Crippen LogP contribution in [-0.2, 0) is 9.53 Å². The highest BCUT2D eigenvalue weighted by Gasteiger charge is 2.20. The third-order valence-corrected chi connectivity index (χ3v) is 3.32. The summed E-state index contributed by atoms with van der Waals surface area (Å²) in [5.41, 5.74) is 0. The van der Waals surface area contributed by atoms with Crippen LogP contribution >= 0.6 is 0 Å². The van der Waals surface area contributed by atoms with E-state index in [1.807, 2.05) is 7.05 Å². The van der Waals surface area contributed by atoms with Crippen molar-refractivity contribution in [2.45, 2.75) is 38.2 Å². The Morgan fingerprint density at radius 2 is 2.00 bits per heavy atom. The van der Waals surface area contributed by atoms with Gasteiger partial charge in [0.05, 0.1) is 6.10 Å². The number of ether oxygens (including phenoxy) is 1. The second kappa shape index (κ2) is 7.63. The topological polar surface area (TPSA) is 50.4 Å². The molecular weight excluding hydrogens is 204 g/mol. The molecule has 1 fully saturated rings. The van der Waals surface area contributed by atoms with Crippen molar-refractivity contribution >= 4 is 5.91 Å². The van der Waals surface area contributed by atoms with Gasteiger partial charge in [0.15, 0.2) is 0 Å². The van der Waals surface area contributed by atoms with Gasteiger partial charge in [-0.3, -0.25) is 4.79 Å². The first kappa shape index (κ1) is 13.5. The van der Waals surface area contributed by atoms with E-state index in [0.29, 0.717) is 18.4 Å². The number of hydrogen-bond acceptors (Lipinski definition) is 3. The molecule has 0 aromatic carbocycles. The van der Waals surface area contributed by atoms with Crippen molar-refractivity contribution in [1.29, 1.82) is 0 Å². The van der Waals surface area contributed by atoms with Crippen LogP contribution < -0.4 is 10.6 Å². The number of carbonyl (C=O) groups is 1. The monoisotopic (exact) mass is 228 g/mol. The van der Waals surface area contributed by atoms with Crippen molar-refractivity contribution < 1.29 is 9.53 Å². The lowest BCUT2D eigenvalue weighted by Gasteiger charge is -2.27. The molecule has 1 aliphatic carbocycles. The molecule has 1 saturated carbocycles. The van der Waals surface area contributed by atoms with Crippen molar-refractivity contribution in [3.05, 3.63) is 0 Å². The van der Waals surface area contributed by atoms with Crippen molar-refractivity contribution in [3.63, 3.8) is 0 Å². The normalized spacial score (nSPS) is 25.4. The van der Waals surface area contributed by atoms with Crippen molar-refractivity contribution in [2.24, 2.45) is 5.92 Å². The second-order valence-corrected chi connectivity index (χ2v) is 4.54. The molecule has 94 valence electrons. The molecule has 4 heteroatoms. The Labute approximate surface area is 98.1 Å². The standard InChI is InChI=1S/C12H24N2O2/c1-13-8-7-12(15)14-9-10-3-5-11(16-2)6-4-10/h10-11,13H,3-9H2,1-2H3,(H,14,15). The molecule has 16 heavy (non-hydrogen) atoms. The van der Waals surface area contributed by atoms with E-state index in [4.69, 9.17) is 4.74 Å². The Balaban J connectivity index is 2.07. The molecule has 0 unspecified atom stereocenters.